The Balaban J connectivity index is 2.75. The van der Waals surface area contributed by atoms with Gasteiger partial charge in [-0.1, -0.05) is 172 Å². The molecule has 1 fully saturated rings. The van der Waals surface area contributed by atoms with E-state index in [2.05, 4.69) is 65.9 Å². The van der Waals surface area contributed by atoms with Gasteiger partial charge in [-0.2, -0.15) is 4.89 Å². The summed E-state index contributed by atoms with van der Waals surface area (Å²) in [4.78, 5) is 71.1. The van der Waals surface area contributed by atoms with Gasteiger partial charge in [0.25, 0.3) is 0 Å². The summed E-state index contributed by atoms with van der Waals surface area (Å²) in [5.41, 5.74) is 0. The number of aliphatic hydroxyl groups is 3. The summed E-state index contributed by atoms with van der Waals surface area (Å²) in [6.07, 6.45) is 26.1. The summed E-state index contributed by atoms with van der Waals surface area (Å²) in [7, 11) is -16.6. The van der Waals surface area contributed by atoms with E-state index in [-0.39, 0.29) is 12.2 Å². The van der Waals surface area contributed by atoms with Crippen LogP contribution in [0.25, 0.3) is 0 Å². The molecule has 1 rings (SSSR count). The van der Waals surface area contributed by atoms with Crippen LogP contribution in [0.5, 0.6) is 0 Å². The minimum atomic E-state index is -5.60. The number of carbonyl (C=O) groups is 1. The van der Waals surface area contributed by atoms with Gasteiger partial charge in [0, 0.05) is 12.8 Å². The third-order valence-corrected chi connectivity index (χ3v) is 13.0. The van der Waals surface area contributed by atoms with Crippen LogP contribution in [0, 0.1) is 0 Å². The Morgan fingerprint density at radius 2 is 0.942 bits per heavy atom. The Morgan fingerprint density at radius 3 is 1.43 bits per heavy atom. The van der Waals surface area contributed by atoms with Gasteiger partial charge >= 0.3 is 29.4 Å². The molecule has 0 bridgehead atoms. The fourth-order valence-electron chi connectivity index (χ4n) is 7.20. The second kappa shape index (κ2) is 38.7. The molecule has 1 aliphatic carbocycles. The van der Waals surface area contributed by atoms with E-state index in [0.29, 0.717) is 19.3 Å². The fraction of sp³-hybridized carbons (Fsp3) is 0.766. The Hall–Kier alpha value is -1.86. The highest BCUT2D eigenvalue weighted by Gasteiger charge is 2.56. The highest BCUT2D eigenvalue weighted by Crippen LogP contribution is 2.51. The van der Waals surface area contributed by atoms with Gasteiger partial charge in [0.1, 0.15) is 49.0 Å². The number of hydrogen-bond acceptors (Lipinski definition) is 14. The monoisotopic (exact) mass is 1050 g/mol. The van der Waals surface area contributed by atoms with Crippen LogP contribution in [0.3, 0.4) is 0 Å². The molecule has 1 aliphatic rings. The van der Waals surface area contributed by atoms with E-state index in [1.165, 1.54) is 83.5 Å². The van der Waals surface area contributed by atoms with E-state index in [1.807, 2.05) is 12.2 Å². The molecule has 2 unspecified atom stereocenters. The molecular formula is C47H85O19P3. The van der Waals surface area contributed by atoms with Crippen LogP contribution in [-0.2, 0) is 51.1 Å². The molecule has 1 saturated carbocycles. The first-order chi connectivity index (χ1) is 32.8. The van der Waals surface area contributed by atoms with Gasteiger partial charge in [0.2, 0.25) is 0 Å². The van der Waals surface area contributed by atoms with Crippen molar-refractivity contribution in [2.24, 2.45) is 0 Å². The number of hydrogen-bond donors (Lipinski definition) is 8. The van der Waals surface area contributed by atoms with Crippen molar-refractivity contribution in [3.8, 4) is 0 Å². The Kier molecular flexibility index (Phi) is 36.6. The normalized spacial score (nSPS) is 21.7. The molecule has 0 aliphatic heterocycles. The average Bonchev–Trinajstić information content (AvgIpc) is 3.28. The van der Waals surface area contributed by atoms with Crippen molar-refractivity contribution in [1.29, 1.82) is 0 Å². The second-order valence-electron chi connectivity index (χ2n) is 17.3. The molecule has 0 heterocycles. The molecule has 0 saturated heterocycles. The van der Waals surface area contributed by atoms with E-state index >= 15 is 0 Å². The number of rotatable bonds is 43. The van der Waals surface area contributed by atoms with Gasteiger partial charge < -0.3 is 49.4 Å². The van der Waals surface area contributed by atoms with Crippen LogP contribution in [0.2, 0.25) is 0 Å². The molecule has 8 atom stereocenters. The van der Waals surface area contributed by atoms with Crippen LogP contribution in [0.1, 0.15) is 174 Å². The van der Waals surface area contributed by atoms with E-state index in [9.17, 15) is 58.3 Å². The molecule has 69 heavy (non-hydrogen) atoms. The first-order valence-electron chi connectivity index (χ1n) is 24.7. The number of carbonyl (C=O) groups excluding carboxylic acids is 1. The van der Waals surface area contributed by atoms with Crippen molar-refractivity contribution >= 4 is 29.4 Å². The van der Waals surface area contributed by atoms with Crippen molar-refractivity contribution in [3.05, 3.63) is 60.9 Å². The summed E-state index contributed by atoms with van der Waals surface area (Å²) in [6.45, 7) is 6.82. The Bertz CT molecular complexity index is 1630. The highest BCUT2D eigenvalue weighted by atomic mass is 31.2. The van der Waals surface area contributed by atoms with Crippen molar-refractivity contribution in [2.75, 3.05) is 13.2 Å². The number of aliphatic hydroxyl groups excluding tert-OH is 3. The topological polar surface area (TPSA) is 295 Å². The largest absolute Gasteiger partial charge is 0.472 e. The fourth-order valence-corrected chi connectivity index (χ4v) is 9.30. The number of ether oxygens (including phenoxy) is 1. The zero-order valence-corrected chi connectivity index (χ0v) is 43.6. The Labute approximate surface area is 410 Å². The van der Waals surface area contributed by atoms with E-state index in [1.54, 1.807) is 0 Å². The zero-order chi connectivity index (χ0) is 51.4. The molecule has 0 spiro atoms. The van der Waals surface area contributed by atoms with Crippen molar-refractivity contribution in [2.45, 2.75) is 217 Å². The molecule has 0 aromatic heterocycles. The number of esters is 1. The van der Waals surface area contributed by atoms with Crippen LogP contribution < -0.4 is 0 Å². The molecule has 19 nitrogen and oxygen atoms in total. The maximum Gasteiger partial charge on any atom is 0.472 e. The standard InChI is InChI=1S/C47H85O19P3/c1-4-6-8-10-12-14-16-18-20-22-23-25-27-29-31-33-35-39(3)62-63-40(37-60-41(48)36-34-32-30-28-26-24-21-19-17-15-13-11-9-7-5-2)38-61-69(58,59)66-45-42(49)43(50)46(64-67(52,53)54)47(44(45)51)65-68(55,56)57/h12,14,18,20,23,25,29,31,40,42-47,49-51H,3-11,13,15-17,19,21-22,24,26-28,30,32-38H2,1-2H3,(H,58,59)(H2,52,53,54)(H2,55,56,57)/t40?,42-,43+,44+,45-,46-,47-/m1/s1. The molecule has 0 radical (unpaired) electrons. The Morgan fingerprint density at radius 1 is 0.522 bits per heavy atom. The van der Waals surface area contributed by atoms with Crippen LogP contribution >= 0.6 is 23.5 Å². The predicted octanol–water partition coefficient (Wildman–Crippen LogP) is 9.93. The molecule has 0 aromatic carbocycles. The van der Waals surface area contributed by atoms with Crippen molar-refractivity contribution < 1.29 is 90.9 Å². The van der Waals surface area contributed by atoms with Gasteiger partial charge in [-0.15, -0.1) is 0 Å². The third kappa shape index (κ3) is 35.0. The van der Waals surface area contributed by atoms with Crippen molar-refractivity contribution in [3.63, 3.8) is 0 Å². The van der Waals surface area contributed by atoms with Gasteiger partial charge in [-0.05, 0) is 44.9 Å². The molecule has 22 heteroatoms. The van der Waals surface area contributed by atoms with Gasteiger partial charge in [0.15, 0.2) is 6.10 Å². The molecule has 0 aromatic rings. The van der Waals surface area contributed by atoms with Crippen LogP contribution in [0.15, 0.2) is 60.9 Å². The van der Waals surface area contributed by atoms with E-state index in [4.69, 9.17) is 23.6 Å². The molecule has 0 amide bonds. The van der Waals surface area contributed by atoms with Gasteiger partial charge in [-0.25, -0.2) is 13.7 Å². The maximum atomic E-state index is 13.1. The van der Waals surface area contributed by atoms with E-state index in [0.717, 1.165) is 51.4 Å². The maximum absolute atomic E-state index is 13.1. The third-order valence-electron chi connectivity index (χ3n) is 11.0. The molecule has 8 N–H and O–H groups in total. The second-order valence-corrected chi connectivity index (χ2v) is 21.1. The SMILES string of the molecule is C=C(CCC=CCC=CCC=CCC=CCCCCC)OOC(COC(=O)CCCCCCCCCCCCCCCCC)COP(=O)(O)O[C@@H]1[C@H](O)[C@H](O)[C@@H](OP(=O)(O)O)[C@H](OP(=O)(O)O)[C@H]1O. The summed E-state index contributed by atoms with van der Waals surface area (Å²) in [5, 5.41) is 31.9. The smallest absolute Gasteiger partial charge is 0.463 e. The van der Waals surface area contributed by atoms with Crippen molar-refractivity contribution in [1.82, 2.24) is 0 Å². The zero-order valence-electron chi connectivity index (χ0n) is 40.9. The lowest BCUT2D eigenvalue weighted by atomic mass is 9.85. The first kappa shape index (κ1) is 65.2. The molecule has 402 valence electrons. The lowest BCUT2D eigenvalue weighted by molar-refractivity contribution is -0.306. The quantitative estimate of drug-likeness (QED) is 0.00536. The highest BCUT2D eigenvalue weighted by molar-refractivity contribution is 7.47. The molecular weight excluding hydrogens is 961 g/mol. The summed E-state index contributed by atoms with van der Waals surface area (Å²) < 4.78 is 60.2. The number of unbranched alkanes of at least 4 members (excludes halogenated alkanes) is 17. The van der Waals surface area contributed by atoms with E-state index < -0.39 is 85.4 Å². The summed E-state index contributed by atoms with van der Waals surface area (Å²) in [5.74, 6) is -0.422. The van der Waals surface area contributed by atoms with Crippen LogP contribution in [0.4, 0.5) is 0 Å². The number of phosphoric ester groups is 3. The van der Waals surface area contributed by atoms with Gasteiger partial charge in [0.05, 0.1) is 6.61 Å². The number of phosphoric acid groups is 3. The lowest BCUT2D eigenvalue weighted by Crippen LogP contribution is -2.65. The summed E-state index contributed by atoms with van der Waals surface area (Å²) >= 11 is 0. The lowest BCUT2D eigenvalue weighted by Gasteiger charge is -2.44. The predicted molar refractivity (Wildman–Crippen MR) is 262 cm³/mol. The minimum Gasteiger partial charge on any atom is -0.463 e. The summed E-state index contributed by atoms with van der Waals surface area (Å²) in [6, 6.07) is 0. The van der Waals surface area contributed by atoms with Crippen LogP contribution in [-0.4, -0.2) is 102 Å². The van der Waals surface area contributed by atoms with Gasteiger partial charge in [-0.3, -0.25) is 22.9 Å². The minimum absolute atomic E-state index is 0.0977. The number of allylic oxidation sites excluding steroid dienone is 9. The first-order valence-corrected chi connectivity index (χ1v) is 29.3. The average molecular weight is 1050 g/mol.